The molecule has 2 fully saturated rings. The SMILES string of the molecule is CC1CN(c2nc3c(-c4nc(C5CC5)no4)ncn3c3cccc(F)c23)C(C)CO1. The van der Waals surface area contributed by atoms with E-state index in [-0.39, 0.29) is 18.0 Å². The lowest BCUT2D eigenvalue weighted by molar-refractivity contribution is 0.0342. The van der Waals surface area contributed by atoms with E-state index in [9.17, 15) is 0 Å². The van der Waals surface area contributed by atoms with Gasteiger partial charge in [-0.15, -0.1) is 0 Å². The van der Waals surface area contributed by atoms with Gasteiger partial charge < -0.3 is 14.2 Å². The van der Waals surface area contributed by atoms with Gasteiger partial charge in [0.1, 0.15) is 18.0 Å². The average Bonchev–Trinajstić information content (AvgIpc) is 3.31. The Balaban J connectivity index is 1.59. The number of rotatable bonds is 3. The van der Waals surface area contributed by atoms with Crippen molar-refractivity contribution in [2.75, 3.05) is 18.1 Å². The first-order valence-corrected chi connectivity index (χ1v) is 10.3. The molecule has 1 aliphatic carbocycles. The standard InChI is InChI=1S/C21H21FN6O2/c1-11-9-29-12(2)8-27(11)19-16-14(22)4-3-5-15(16)28-10-23-17(20(28)25-19)21-24-18(26-30-21)13-6-7-13/h3-5,10-13H,6-9H2,1-2H3. The van der Waals surface area contributed by atoms with Crippen molar-refractivity contribution in [3.8, 4) is 11.6 Å². The van der Waals surface area contributed by atoms with E-state index < -0.39 is 0 Å². The summed E-state index contributed by atoms with van der Waals surface area (Å²) in [6, 6.07) is 5.10. The number of anilines is 1. The van der Waals surface area contributed by atoms with Gasteiger partial charge in [0.05, 0.1) is 29.7 Å². The summed E-state index contributed by atoms with van der Waals surface area (Å²) in [4.78, 5) is 16.0. The Morgan fingerprint density at radius 1 is 1.17 bits per heavy atom. The molecule has 1 saturated heterocycles. The Morgan fingerprint density at radius 2 is 2.03 bits per heavy atom. The summed E-state index contributed by atoms with van der Waals surface area (Å²) in [6.45, 7) is 5.26. The molecular weight excluding hydrogens is 387 g/mol. The van der Waals surface area contributed by atoms with Gasteiger partial charge in [0.25, 0.3) is 5.89 Å². The van der Waals surface area contributed by atoms with E-state index >= 15 is 4.39 Å². The summed E-state index contributed by atoms with van der Waals surface area (Å²) in [5, 5.41) is 4.57. The molecule has 2 atom stereocenters. The molecule has 1 aromatic carbocycles. The third-order valence-corrected chi connectivity index (χ3v) is 5.90. The van der Waals surface area contributed by atoms with Crippen molar-refractivity contribution in [2.45, 2.75) is 44.8 Å². The fourth-order valence-corrected chi connectivity index (χ4v) is 4.11. The van der Waals surface area contributed by atoms with E-state index in [1.165, 1.54) is 6.07 Å². The zero-order valence-corrected chi connectivity index (χ0v) is 16.7. The number of fused-ring (bicyclic) bond motifs is 3. The van der Waals surface area contributed by atoms with Crippen LogP contribution in [0.2, 0.25) is 0 Å². The van der Waals surface area contributed by atoms with Crippen molar-refractivity contribution in [3.05, 3.63) is 36.2 Å². The topological polar surface area (TPSA) is 81.6 Å². The minimum Gasteiger partial charge on any atom is -0.375 e. The lowest BCUT2D eigenvalue weighted by Gasteiger charge is -2.38. The molecule has 0 spiro atoms. The number of hydrogen-bond acceptors (Lipinski definition) is 7. The van der Waals surface area contributed by atoms with Gasteiger partial charge in [0.15, 0.2) is 17.2 Å². The Kier molecular flexibility index (Phi) is 3.83. The van der Waals surface area contributed by atoms with Crippen LogP contribution in [0.25, 0.3) is 28.1 Å². The van der Waals surface area contributed by atoms with Crippen LogP contribution in [0.4, 0.5) is 10.2 Å². The van der Waals surface area contributed by atoms with Gasteiger partial charge in [-0.3, -0.25) is 4.40 Å². The van der Waals surface area contributed by atoms with E-state index in [4.69, 9.17) is 14.2 Å². The van der Waals surface area contributed by atoms with Gasteiger partial charge in [-0.1, -0.05) is 11.2 Å². The van der Waals surface area contributed by atoms with E-state index in [0.29, 0.717) is 58.8 Å². The first kappa shape index (κ1) is 17.8. The number of aromatic nitrogens is 5. The molecule has 6 rings (SSSR count). The molecule has 154 valence electrons. The predicted octanol–water partition coefficient (Wildman–Crippen LogP) is 3.56. The third kappa shape index (κ3) is 2.68. The zero-order chi connectivity index (χ0) is 20.4. The van der Waals surface area contributed by atoms with Gasteiger partial charge in [-0.2, -0.15) is 4.98 Å². The second-order valence-corrected chi connectivity index (χ2v) is 8.23. The Bertz CT molecular complexity index is 1260. The van der Waals surface area contributed by atoms with Gasteiger partial charge in [-0.25, -0.2) is 14.4 Å². The monoisotopic (exact) mass is 408 g/mol. The molecule has 0 N–H and O–H groups in total. The highest BCUT2D eigenvalue weighted by Crippen LogP contribution is 2.39. The van der Waals surface area contributed by atoms with Crippen LogP contribution in [0.15, 0.2) is 29.0 Å². The molecule has 2 aliphatic rings. The van der Waals surface area contributed by atoms with E-state index in [2.05, 4.69) is 26.9 Å². The molecule has 8 nitrogen and oxygen atoms in total. The van der Waals surface area contributed by atoms with Crippen molar-refractivity contribution in [3.63, 3.8) is 0 Å². The molecule has 3 aromatic heterocycles. The van der Waals surface area contributed by atoms with Crippen LogP contribution >= 0.6 is 0 Å². The van der Waals surface area contributed by atoms with Crippen molar-refractivity contribution in [1.29, 1.82) is 0 Å². The molecule has 2 unspecified atom stereocenters. The van der Waals surface area contributed by atoms with Crippen LogP contribution in [0.3, 0.4) is 0 Å². The number of imidazole rings is 1. The lowest BCUT2D eigenvalue weighted by atomic mass is 10.1. The summed E-state index contributed by atoms with van der Waals surface area (Å²) in [5.41, 5.74) is 1.78. The first-order chi connectivity index (χ1) is 14.6. The molecule has 1 saturated carbocycles. The van der Waals surface area contributed by atoms with Crippen molar-refractivity contribution in [1.82, 2.24) is 24.5 Å². The highest BCUT2D eigenvalue weighted by atomic mass is 19.1. The Morgan fingerprint density at radius 3 is 2.87 bits per heavy atom. The quantitative estimate of drug-likeness (QED) is 0.513. The second-order valence-electron chi connectivity index (χ2n) is 8.23. The summed E-state index contributed by atoms with van der Waals surface area (Å²) < 4.78 is 28.1. The molecular formula is C21H21FN6O2. The maximum absolute atomic E-state index is 15.0. The molecule has 4 aromatic rings. The largest absolute Gasteiger partial charge is 0.375 e. The Hall–Kier alpha value is -3.07. The number of morpholine rings is 1. The van der Waals surface area contributed by atoms with E-state index in [0.717, 1.165) is 12.8 Å². The molecule has 0 radical (unpaired) electrons. The summed E-state index contributed by atoms with van der Waals surface area (Å²) in [5.74, 6) is 1.71. The fourth-order valence-electron chi connectivity index (χ4n) is 4.11. The molecule has 0 bridgehead atoms. The first-order valence-electron chi connectivity index (χ1n) is 10.3. The number of benzene rings is 1. The van der Waals surface area contributed by atoms with Gasteiger partial charge >= 0.3 is 0 Å². The Labute approximate surface area is 171 Å². The van der Waals surface area contributed by atoms with Crippen molar-refractivity contribution < 1.29 is 13.7 Å². The highest BCUT2D eigenvalue weighted by molar-refractivity contribution is 5.94. The van der Waals surface area contributed by atoms with E-state index in [1.807, 2.05) is 13.0 Å². The fraction of sp³-hybridized carbons (Fsp3) is 0.429. The molecule has 9 heteroatoms. The predicted molar refractivity (Wildman–Crippen MR) is 108 cm³/mol. The molecule has 0 amide bonds. The average molecular weight is 408 g/mol. The van der Waals surface area contributed by atoms with Crippen molar-refractivity contribution in [2.24, 2.45) is 0 Å². The molecule has 30 heavy (non-hydrogen) atoms. The minimum absolute atomic E-state index is 0.0301. The van der Waals surface area contributed by atoms with Gasteiger partial charge in [0, 0.05) is 12.5 Å². The minimum atomic E-state index is -0.313. The number of ether oxygens (including phenoxy) is 1. The van der Waals surface area contributed by atoms with Crippen LogP contribution in [0.1, 0.15) is 38.4 Å². The number of hydrogen-bond donors (Lipinski definition) is 0. The molecule has 4 heterocycles. The molecule has 1 aliphatic heterocycles. The number of nitrogens with zero attached hydrogens (tertiary/aromatic N) is 6. The zero-order valence-electron chi connectivity index (χ0n) is 16.7. The maximum Gasteiger partial charge on any atom is 0.280 e. The van der Waals surface area contributed by atoms with Gasteiger partial charge in [0.2, 0.25) is 0 Å². The normalized spacial score (nSPS) is 22.3. The van der Waals surface area contributed by atoms with Crippen LogP contribution in [0.5, 0.6) is 0 Å². The van der Waals surface area contributed by atoms with Crippen LogP contribution in [-0.4, -0.2) is 49.8 Å². The smallest absolute Gasteiger partial charge is 0.280 e. The highest BCUT2D eigenvalue weighted by Gasteiger charge is 2.31. The third-order valence-electron chi connectivity index (χ3n) is 5.90. The second kappa shape index (κ2) is 6.46. The summed E-state index contributed by atoms with van der Waals surface area (Å²) >= 11 is 0. The van der Waals surface area contributed by atoms with Crippen LogP contribution < -0.4 is 4.90 Å². The summed E-state index contributed by atoms with van der Waals surface area (Å²) in [6.07, 6.45) is 3.84. The van der Waals surface area contributed by atoms with E-state index in [1.54, 1.807) is 16.8 Å². The van der Waals surface area contributed by atoms with Crippen LogP contribution in [-0.2, 0) is 4.74 Å². The lowest BCUT2D eigenvalue weighted by Crippen LogP contribution is -2.48. The van der Waals surface area contributed by atoms with Crippen LogP contribution in [0, 0.1) is 5.82 Å². The van der Waals surface area contributed by atoms with Crippen molar-refractivity contribution >= 4 is 22.4 Å². The summed E-state index contributed by atoms with van der Waals surface area (Å²) in [7, 11) is 0. The van der Waals surface area contributed by atoms with Gasteiger partial charge in [-0.05, 0) is 38.8 Å². The number of halogens is 1. The maximum atomic E-state index is 15.0.